The van der Waals surface area contributed by atoms with Crippen LogP contribution in [0.4, 0.5) is 5.82 Å². The number of hydrogen-bond donors (Lipinski definition) is 1. The molecule has 2 atom stereocenters. The maximum Gasteiger partial charge on any atom is 0.320 e. The van der Waals surface area contributed by atoms with Crippen molar-refractivity contribution in [3.05, 3.63) is 53.6 Å². The third kappa shape index (κ3) is 6.76. The number of carbonyl (C=O) groups is 2. The highest BCUT2D eigenvalue weighted by Crippen LogP contribution is 2.36. The SMILES string of the molecule is CCOC(=O)C(C(=O)O)C(Cc1ccccc1)c1ccc(OC(C)(C)C)nc1N=C=O. The summed E-state index contributed by atoms with van der Waals surface area (Å²) in [5.74, 6) is -4.44. The number of benzene rings is 1. The van der Waals surface area contributed by atoms with Gasteiger partial charge in [0, 0.05) is 17.5 Å². The zero-order valence-corrected chi connectivity index (χ0v) is 18.0. The molecule has 0 saturated heterocycles. The number of ether oxygens (including phenoxy) is 2. The van der Waals surface area contributed by atoms with Crippen molar-refractivity contribution in [3.8, 4) is 5.88 Å². The molecule has 164 valence electrons. The molecule has 2 unspecified atom stereocenters. The minimum atomic E-state index is -1.52. The summed E-state index contributed by atoms with van der Waals surface area (Å²) in [5.41, 5.74) is 0.572. The quantitative estimate of drug-likeness (QED) is 0.280. The fourth-order valence-electron chi connectivity index (χ4n) is 3.18. The molecular weight excluding hydrogens is 400 g/mol. The van der Waals surface area contributed by atoms with Gasteiger partial charge in [-0.3, -0.25) is 9.59 Å². The van der Waals surface area contributed by atoms with Crippen LogP contribution in [0.1, 0.15) is 44.7 Å². The van der Waals surface area contributed by atoms with Crippen LogP contribution in [0.5, 0.6) is 5.88 Å². The van der Waals surface area contributed by atoms with Crippen molar-refractivity contribution in [1.29, 1.82) is 0 Å². The van der Waals surface area contributed by atoms with Crippen LogP contribution in [0.3, 0.4) is 0 Å². The Morgan fingerprint density at radius 1 is 1.16 bits per heavy atom. The maximum atomic E-state index is 12.6. The second-order valence-corrected chi connectivity index (χ2v) is 7.84. The van der Waals surface area contributed by atoms with Crippen molar-refractivity contribution >= 4 is 23.8 Å². The van der Waals surface area contributed by atoms with Gasteiger partial charge in [0.15, 0.2) is 11.7 Å². The zero-order chi connectivity index (χ0) is 23.0. The van der Waals surface area contributed by atoms with E-state index in [0.717, 1.165) is 5.56 Å². The van der Waals surface area contributed by atoms with Crippen LogP contribution >= 0.6 is 0 Å². The molecule has 0 aliphatic carbocycles. The second-order valence-electron chi connectivity index (χ2n) is 7.84. The summed E-state index contributed by atoms with van der Waals surface area (Å²) in [6, 6.07) is 12.2. The lowest BCUT2D eigenvalue weighted by Crippen LogP contribution is -2.33. The average Bonchev–Trinajstić information content (AvgIpc) is 2.67. The largest absolute Gasteiger partial charge is 0.481 e. The molecule has 0 aliphatic rings. The Balaban J connectivity index is 2.62. The Hall–Kier alpha value is -3.51. The van der Waals surface area contributed by atoms with Gasteiger partial charge in [0.2, 0.25) is 12.0 Å². The number of nitrogens with zero attached hydrogens (tertiary/aromatic N) is 2. The molecule has 31 heavy (non-hydrogen) atoms. The van der Waals surface area contributed by atoms with Crippen molar-refractivity contribution in [3.63, 3.8) is 0 Å². The van der Waals surface area contributed by atoms with E-state index in [1.165, 1.54) is 6.08 Å². The van der Waals surface area contributed by atoms with Crippen LogP contribution < -0.4 is 4.74 Å². The van der Waals surface area contributed by atoms with Crippen molar-refractivity contribution in [2.24, 2.45) is 10.9 Å². The van der Waals surface area contributed by atoms with E-state index < -0.39 is 29.4 Å². The highest BCUT2D eigenvalue weighted by molar-refractivity contribution is 5.95. The third-order valence-corrected chi connectivity index (χ3v) is 4.35. The lowest BCUT2D eigenvalue weighted by atomic mass is 9.81. The number of carboxylic acids is 1. The first-order valence-electron chi connectivity index (χ1n) is 9.87. The van der Waals surface area contributed by atoms with Crippen LogP contribution in [0.25, 0.3) is 0 Å². The van der Waals surface area contributed by atoms with Gasteiger partial charge in [-0.1, -0.05) is 30.3 Å². The number of aliphatic imine (C=N–C) groups is 1. The summed E-state index contributed by atoms with van der Waals surface area (Å²) >= 11 is 0. The molecule has 1 heterocycles. The molecule has 1 aromatic heterocycles. The van der Waals surface area contributed by atoms with E-state index in [9.17, 15) is 19.5 Å². The Morgan fingerprint density at radius 2 is 1.84 bits per heavy atom. The Bertz CT molecular complexity index is 962. The highest BCUT2D eigenvalue weighted by Gasteiger charge is 2.39. The van der Waals surface area contributed by atoms with Crippen molar-refractivity contribution in [2.75, 3.05) is 6.61 Å². The summed E-state index contributed by atoms with van der Waals surface area (Å²) in [6.07, 6.45) is 1.64. The molecule has 8 heteroatoms. The Kier molecular flexibility index (Phi) is 8.05. The average molecular weight is 426 g/mol. The molecule has 0 saturated carbocycles. The van der Waals surface area contributed by atoms with Gasteiger partial charge in [-0.15, -0.1) is 4.99 Å². The zero-order valence-electron chi connectivity index (χ0n) is 18.0. The van der Waals surface area contributed by atoms with Gasteiger partial charge in [0.1, 0.15) is 5.60 Å². The summed E-state index contributed by atoms with van der Waals surface area (Å²) in [4.78, 5) is 43.6. The first-order valence-corrected chi connectivity index (χ1v) is 9.87. The molecule has 0 bridgehead atoms. The van der Waals surface area contributed by atoms with Gasteiger partial charge in [-0.05, 0) is 45.7 Å². The third-order valence-electron chi connectivity index (χ3n) is 4.35. The van der Waals surface area contributed by atoms with Gasteiger partial charge in [-0.2, -0.15) is 4.98 Å². The second kappa shape index (κ2) is 10.5. The molecular formula is C23H26N2O6. The standard InChI is InChI=1S/C23H26N2O6/c1-5-30-22(29)19(21(27)28)17(13-15-9-7-6-8-10-15)16-11-12-18(31-23(2,3)4)25-20(16)24-14-26/h6-12,17,19H,5,13H2,1-4H3,(H,27,28). The molecule has 2 aromatic rings. The normalized spacial score (nSPS) is 12.9. The maximum absolute atomic E-state index is 12.6. The van der Waals surface area contributed by atoms with Gasteiger partial charge >= 0.3 is 11.9 Å². The predicted octanol–water partition coefficient (Wildman–Crippen LogP) is 3.82. The van der Waals surface area contributed by atoms with E-state index in [1.54, 1.807) is 19.1 Å². The van der Waals surface area contributed by atoms with Crippen LogP contribution in [-0.4, -0.2) is 40.3 Å². The topological polar surface area (TPSA) is 115 Å². The van der Waals surface area contributed by atoms with E-state index in [-0.39, 0.29) is 24.7 Å². The van der Waals surface area contributed by atoms with Gasteiger partial charge in [0.25, 0.3) is 0 Å². The van der Waals surface area contributed by atoms with Crippen molar-refractivity contribution in [2.45, 2.75) is 45.6 Å². The van der Waals surface area contributed by atoms with Crippen LogP contribution in [0.2, 0.25) is 0 Å². The predicted molar refractivity (Wildman–Crippen MR) is 113 cm³/mol. The Labute approximate surface area is 180 Å². The van der Waals surface area contributed by atoms with Gasteiger partial charge in [-0.25, -0.2) is 4.79 Å². The molecule has 2 rings (SSSR count). The number of carbonyl (C=O) groups excluding carboxylic acids is 2. The molecule has 1 aromatic carbocycles. The molecule has 0 radical (unpaired) electrons. The number of aromatic nitrogens is 1. The fraction of sp³-hybridized carbons (Fsp3) is 0.391. The molecule has 8 nitrogen and oxygen atoms in total. The van der Waals surface area contributed by atoms with Crippen molar-refractivity contribution < 1.29 is 29.0 Å². The number of pyridine rings is 1. The summed E-state index contributed by atoms with van der Waals surface area (Å²) < 4.78 is 10.7. The van der Waals surface area contributed by atoms with E-state index >= 15 is 0 Å². The minimum Gasteiger partial charge on any atom is -0.481 e. The number of carboxylic acid groups (broad SMARTS) is 1. The lowest BCUT2D eigenvalue weighted by Gasteiger charge is -2.25. The number of rotatable bonds is 9. The number of aliphatic carboxylic acids is 1. The van der Waals surface area contributed by atoms with Crippen LogP contribution in [0, 0.1) is 5.92 Å². The molecule has 0 spiro atoms. The fourth-order valence-corrected chi connectivity index (χ4v) is 3.18. The first kappa shape index (κ1) is 23.8. The summed E-state index contributed by atoms with van der Waals surface area (Å²) in [5, 5.41) is 9.85. The number of isocyanates is 1. The molecule has 0 amide bonds. The van der Waals surface area contributed by atoms with Crippen molar-refractivity contribution in [1.82, 2.24) is 4.98 Å². The minimum absolute atomic E-state index is 0.0383. The first-order chi connectivity index (χ1) is 14.7. The van der Waals surface area contributed by atoms with E-state index in [2.05, 4.69) is 9.98 Å². The smallest absolute Gasteiger partial charge is 0.320 e. The number of hydrogen-bond acceptors (Lipinski definition) is 7. The number of esters is 1. The molecule has 0 fully saturated rings. The van der Waals surface area contributed by atoms with E-state index in [0.29, 0.717) is 5.56 Å². The van der Waals surface area contributed by atoms with Gasteiger partial charge < -0.3 is 14.6 Å². The highest BCUT2D eigenvalue weighted by atomic mass is 16.5. The van der Waals surface area contributed by atoms with E-state index in [1.807, 2.05) is 51.1 Å². The monoisotopic (exact) mass is 426 g/mol. The summed E-state index contributed by atoms with van der Waals surface area (Å²) in [7, 11) is 0. The Morgan fingerprint density at radius 3 is 2.39 bits per heavy atom. The van der Waals surface area contributed by atoms with Gasteiger partial charge in [0.05, 0.1) is 6.61 Å². The van der Waals surface area contributed by atoms with E-state index in [4.69, 9.17) is 9.47 Å². The van der Waals surface area contributed by atoms with Crippen LogP contribution in [0.15, 0.2) is 47.5 Å². The molecule has 0 aliphatic heterocycles. The van der Waals surface area contributed by atoms with Crippen LogP contribution in [-0.2, 0) is 25.5 Å². The lowest BCUT2D eigenvalue weighted by molar-refractivity contribution is -0.159. The molecule has 1 N–H and O–H groups in total. The summed E-state index contributed by atoms with van der Waals surface area (Å²) in [6.45, 7) is 7.15.